The summed E-state index contributed by atoms with van der Waals surface area (Å²) >= 11 is 0. The van der Waals surface area contributed by atoms with Gasteiger partial charge < -0.3 is 10.6 Å². The van der Waals surface area contributed by atoms with E-state index in [2.05, 4.69) is 24.0 Å². The van der Waals surface area contributed by atoms with Crippen molar-refractivity contribution in [2.24, 2.45) is 5.92 Å². The van der Waals surface area contributed by atoms with Crippen molar-refractivity contribution in [2.45, 2.75) is 26.3 Å². The van der Waals surface area contributed by atoms with Crippen LogP contribution in [-0.4, -0.2) is 34.8 Å². The van der Waals surface area contributed by atoms with E-state index in [0.29, 0.717) is 5.82 Å². The molecule has 1 saturated heterocycles. The zero-order valence-electron chi connectivity index (χ0n) is 9.61. The lowest BCUT2D eigenvalue weighted by molar-refractivity contribution is 0.190. The van der Waals surface area contributed by atoms with Gasteiger partial charge in [0.05, 0.1) is 0 Å². The van der Waals surface area contributed by atoms with Gasteiger partial charge in [-0.15, -0.1) is 0 Å². The molecule has 2 rings (SSSR count). The first-order chi connectivity index (χ1) is 7.15. The monoisotopic (exact) mass is 208 g/mol. The SMILES string of the molecule is Cc1cc(N)nn1CC1CCCN(C)C1. The van der Waals surface area contributed by atoms with Crippen molar-refractivity contribution in [2.75, 3.05) is 25.9 Å². The first-order valence-electron chi connectivity index (χ1n) is 5.63. The van der Waals surface area contributed by atoms with Crippen LogP contribution in [0.25, 0.3) is 0 Å². The van der Waals surface area contributed by atoms with Crippen LogP contribution in [0.3, 0.4) is 0 Å². The molecule has 0 saturated carbocycles. The summed E-state index contributed by atoms with van der Waals surface area (Å²) < 4.78 is 2.04. The first kappa shape index (κ1) is 10.5. The molecule has 0 aromatic carbocycles. The average molecular weight is 208 g/mol. The normalized spacial score (nSPS) is 23.2. The Morgan fingerprint density at radius 3 is 3.00 bits per heavy atom. The number of anilines is 1. The third kappa shape index (κ3) is 2.50. The molecule has 1 aliphatic heterocycles. The van der Waals surface area contributed by atoms with Crippen molar-refractivity contribution >= 4 is 5.82 Å². The molecule has 0 amide bonds. The highest BCUT2D eigenvalue weighted by atomic mass is 15.3. The van der Waals surface area contributed by atoms with Gasteiger partial charge in [-0.3, -0.25) is 4.68 Å². The molecule has 0 spiro atoms. The molecule has 1 aliphatic rings. The molecule has 1 fully saturated rings. The van der Waals surface area contributed by atoms with E-state index in [0.717, 1.165) is 12.5 Å². The Balaban J connectivity index is 1.99. The first-order valence-corrected chi connectivity index (χ1v) is 5.63. The molecule has 1 aromatic heterocycles. The van der Waals surface area contributed by atoms with Crippen molar-refractivity contribution in [1.29, 1.82) is 0 Å². The Bertz CT molecular complexity index is 331. The van der Waals surface area contributed by atoms with Crippen LogP contribution in [0.2, 0.25) is 0 Å². The van der Waals surface area contributed by atoms with Gasteiger partial charge >= 0.3 is 0 Å². The van der Waals surface area contributed by atoms with Crippen LogP contribution in [0.15, 0.2) is 6.07 Å². The summed E-state index contributed by atoms with van der Waals surface area (Å²) in [4.78, 5) is 2.40. The minimum absolute atomic E-state index is 0.636. The summed E-state index contributed by atoms with van der Waals surface area (Å²) in [6.45, 7) is 5.49. The number of piperidine rings is 1. The maximum atomic E-state index is 5.67. The van der Waals surface area contributed by atoms with Gasteiger partial charge in [-0.1, -0.05) is 0 Å². The van der Waals surface area contributed by atoms with Crippen molar-refractivity contribution in [3.8, 4) is 0 Å². The molecule has 84 valence electrons. The third-order valence-electron chi connectivity index (χ3n) is 3.15. The fourth-order valence-corrected chi connectivity index (χ4v) is 2.39. The summed E-state index contributed by atoms with van der Waals surface area (Å²) in [7, 11) is 2.19. The molecule has 4 nitrogen and oxygen atoms in total. The lowest BCUT2D eigenvalue weighted by Crippen LogP contribution is -2.34. The summed E-state index contributed by atoms with van der Waals surface area (Å²) in [6, 6.07) is 1.94. The molecule has 15 heavy (non-hydrogen) atoms. The van der Waals surface area contributed by atoms with E-state index in [1.54, 1.807) is 0 Å². The number of nitrogen functional groups attached to an aromatic ring is 1. The molecule has 2 heterocycles. The van der Waals surface area contributed by atoms with Gasteiger partial charge in [0.25, 0.3) is 0 Å². The van der Waals surface area contributed by atoms with Gasteiger partial charge in [-0.25, -0.2) is 0 Å². The minimum atomic E-state index is 0.636. The van der Waals surface area contributed by atoms with E-state index < -0.39 is 0 Å². The Labute approximate surface area is 91.1 Å². The predicted molar refractivity (Wildman–Crippen MR) is 61.6 cm³/mol. The van der Waals surface area contributed by atoms with Gasteiger partial charge in [0.2, 0.25) is 0 Å². The fraction of sp³-hybridized carbons (Fsp3) is 0.727. The second-order valence-electron chi connectivity index (χ2n) is 4.66. The number of likely N-dealkylation sites (tertiary alicyclic amines) is 1. The zero-order chi connectivity index (χ0) is 10.8. The van der Waals surface area contributed by atoms with Crippen molar-refractivity contribution in [3.63, 3.8) is 0 Å². The van der Waals surface area contributed by atoms with Crippen LogP contribution in [0.5, 0.6) is 0 Å². The standard InChI is InChI=1S/C11H20N4/c1-9-6-11(12)13-15(9)8-10-4-3-5-14(2)7-10/h6,10H,3-5,7-8H2,1-2H3,(H2,12,13). The van der Waals surface area contributed by atoms with Crippen LogP contribution in [0.4, 0.5) is 5.82 Å². The van der Waals surface area contributed by atoms with Gasteiger partial charge in [-0.05, 0) is 39.3 Å². The molecule has 0 bridgehead atoms. The van der Waals surface area contributed by atoms with Gasteiger partial charge in [0.15, 0.2) is 0 Å². The topological polar surface area (TPSA) is 47.1 Å². The number of nitrogens with zero attached hydrogens (tertiary/aromatic N) is 3. The highest BCUT2D eigenvalue weighted by Crippen LogP contribution is 2.18. The number of rotatable bonds is 2. The summed E-state index contributed by atoms with van der Waals surface area (Å²) in [6.07, 6.45) is 2.61. The number of nitrogens with two attached hydrogens (primary N) is 1. The van der Waals surface area contributed by atoms with E-state index in [1.807, 2.05) is 10.7 Å². The van der Waals surface area contributed by atoms with Crippen molar-refractivity contribution < 1.29 is 0 Å². The average Bonchev–Trinajstić information content (AvgIpc) is 2.45. The summed E-state index contributed by atoms with van der Waals surface area (Å²) in [5.41, 5.74) is 6.84. The van der Waals surface area contributed by atoms with Gasteiger partial charge in [0, 0.05) is 24.8 Å². The van der Waals surface area contributed by atoms with Crippen LogP contribution in [-0.2, 0) is 6.54 Å². The van der Waals surface area contributed by atoms with E-state index in [-0.39, 0.29) is 0 Å². The van der Waals surface area contributed by atoms with Crippen LogP contribution >= 0.6 is 0 Å². The molecule has 0 radical (unpaired) electrons. The Kier molecular flexibility index (Phi) is 2.95. The number of hydrogen-bond donors (Lipinski definition) is 1. The number of hydrogen-bond acceptors (Lipinski definition) is 3. The predicted octanol–water partition coefficient (Wildman–Crippen LogP) is 1.12. The minimum Gasteiger partial charge on any atom is -0.382 e. The van der Waals surface area contributed by atoms with Crippen LogP contribution in [0, 0.1) is 12.8 Å². The Morgan fingerprint density at radius 1 is 1.60 bits per heavy atom. The maximum absolute atomic E-state index is 5.67. The highest BCUT2D eigenvalue weighted by Gasteiger charge is 2.18. The Hall–Kier alpha value is -1.03. The number of aryl methyl sites for hydroxylation is 1. The molecule has 1 unspecified atom stereocenters. The van der Waals surface area contributed by atoms with Crippen molar-refractivity contribution in [1.82, 2.24) is 14.7 Å². The fourth-order valence-electron chi connectivity index (χ4n) is 2.39. The van der Waals surface area contributed by atoms with Gasteiger partial charge in [-0.2, -0.15) is 5.10 Å². The summed E-state index contributed by atoms with van der Waals surface area (Å²) in [5, 5.41) is 4.31. The molecule has 2 N–H and O–H groups in total. The lowest BCUT2D eigenvalue weighted by Gasteiger charge is -2.29. The Morgan fingerprint density at radius 2 is 2.40 bits per heavy atom. The van der Waals surface area contributed by atoms with Crippen molar-refractivity contribution in [3.05, 3.63) is 11.8 Å². The molecule has 4 heteroatoms. The second-order valence-corrected chi connectivity index (χ2v) is 4.66. The van der Waals surface area contributed by atoms with Gasteiger partial charge in [0.1, 0.15) is 5.82 Å². The summed E-state index contributed by atoms with van der Waals surface area (Å²) in [5.74, 6) is 1.36. The zero-order valence-corrected chi connectivity index (χ0v) is 9.61. The van der Waals surface area contributed by atoms with Crippen LogP contribution in [0.1, 0.15) is 18.5 Å². The van der Waals surface area contributed by atoms with E-state index in [9.17, 15) is 0 Å². The molecule has 1 atom stereocenters. The smallest absolute Gasteiger partial charge is 0.145 e. The molecule has 1 aromatic rings. The van der Waals surface area contributed by atoms with Crippen LogP contribution < -0.4 is 5.73 Å². The van der Waals surface area contributed by atoms with E-state index >= 15 is 0 Å². The maximum Gasteiger partial charge on any atom is 0.145 e. The van der Waals surface area contributed by atoms with E-state index in [4.69, 9.17) is 5.73 Å². The lowest BCUT2D eigenvalue weighted by atomic mass is 9.98. The quantitative estimate of drug-likeness (QED) is 0.792. The van der Waals surface area contributed by atoms with E-state index in [1.165, 1.54) is 31.6 Å². The highest BCUT2D eigenvalue weighted by molar-refractivity contribution is 5.28. The molecular formula is C11H20N4. The number of aromatic nitrogens is 2. The second kappa shape index (κ2) is 4.23. The largest absolute Gasteiger partial charge is 0.382 e. The molecular weight excluding hydrogens is 188 g/mol. The third-order valence-corrected chi connectivity index (χ3v) is 3.15. The molecule has 0 aliphatic carbocycles.